The monoisotopic (exact) mass is 409 g/mol. The standard InChI is InChI=1S/C20H13ClFN5O2/c21-13-2-8-18(26-11-1-10-23-26)17(12-13)24-20(29)16-7-9-19(28)27(25-16)15-5-3-14(22)4-6-15/h1-12H,(H,24,29). The van der Waals surface area contributed by atoms with Crippen molar-refractivity contribution in [3.63, 3.8) is 0 Å². The van der Waals surface area contributed by atoms with Gasteiger partial charge in [-0.15, -0.1) is 0 Å². The molecular formula is C20H13ClFN5O2. The lowest BCUT2D eigenvalue weighted by Gasteiger charge is -2.12. The number of carbonyl (C=O) groups is 1. The Morgan fingerprint density at radius 2 is 1.86 bits per heavy atom. The Hall–Kier alpha value is -3.78. The Balaban J connectivity index is 1.68. The number of aromatic nitrogens is 4. The van der Waals surface area contributed by atoms with Gasteiger partial charge >= 0.3 is 0 Å². The van der Waals surface area contributed by atoms with E-state index in [2.05, 4.69) is 15.5 Å². The van der Waals surface area contributed by atoms with Gasteiger partial charge in [0, 0.05) is 23.5 Å². The van der Waals surface area contributed by atoms with Crippen LogP contribution in [0.15, 0.2) is 77.9 Å². The highest BCUT2D eigenvalue weighted by Gasteiger charge is 2.14. The number of amides is 1. The second-order valence-corrected chi connectivity index (χ2v) is 6.45. The quantitative estimate of drug-likeness (QED) is 0.559. The summed E-state index contributed by atoms with van der Waals surface area (Å²) >= 11 is 6.07. The Morgan fingerprint density at radius 3 is 2.59 bits per heavy atom. The summed E-state index contributed by atoms with van der Waals surface area (Å²) in [5.74, 6) is -0.987. The number of benzene rings is 2. The van der Waals surface area contributed by atoms with Gasteiger partial charge in [0.1, 0.15) is 11.5 Å². The summed E-state index contributed by atoms with van der Waals surface area (Å²) in [5.41, 5.74) is 0.923. The van der Waals surface area contributed by atoms with E-state index in [-0.39, 0.29) is 5.69 Å². The first kappa shape index (κ1) is 18.6. The summed E-state index contributed by atoms with van der Waals surface area (Å²) in [6, 6.07) is 14.5. The van der Waals surface area contributed by atoms with Crippen molar-refractivity contribution in [1.82, 2.24) is 19.6 Å². The minimum Gasteiger partial charge on any atom is -0.319 e. The van der Waals surface area contributed by atoms with Crippen LogP contribution in [0.25, 0.3) is 11.4 Å². The largest absolute Gasteiger partial charge is 0.319 e. The molecule has 0 spiro atoms. The van der Waals surface area contributed by atoms with Crippen molar-refractivity contribution < 1.29 is 9.18 Å². The molecule has 4 rings (SSSR count). The molecule has 9 heteroatoms. The van der Waals surface area contributed by atoms with Crippen LogP contribution in [0.1, 0.15) is 10.5 Å². The van der Waals surface area contributed by atoms with Crippen molar-refractivity contribution in [1.29, 1.82) is 0 Å². The summed E-state index contributed by atoms with van der Waals surface area (Å²) in [5, 5.41) is 11.4. The summed E-state index contributed by atoms with van der Waals surface area (Å²) < 4.78 is 15.8. The summed E-state index contributed by atoms with van der Waals surface area (Å²) in [4.78, 5) is 24.9. The molecular weight excluding hydrogens is 397 g/mol. The molecule has 0 atom stereocenters. The van der Waals surface area contributed by atoms with Crippen LogP contribution in [0.4, 0.5) is 10.1 Å². The molecule has 0 saturated carbocycles. The van der Waals surface area contributed by atoms with Gasteiger partial charge in [-0.25, -0.2) is 9.07 Å². The van der Waals surface area contributed by atoms with E-state index < -0.39 is 17.3 Å². The van der Waals surface area contributed by atoms with Crippen molar-refractivity contribution >= 4 is 23.2 Å². The van der Waals surface area contributed by atoms with Gasteiger partial charge in [-0.3, -0.25) is 9.59 Å². The van der Waals surface area contributed by atoms with Crippen molar-refractivity contribution in [2.75, 3.05) is 5.32 Å². The van der Waals surface area contributed by atoms with E-state index in [0.29, 0.717) is 22.1 Å². The van der Waals surface area contributed by atoms with Crippen molar-refractivity contribution in [2.45, 2.75) is 0 Å². The van der Waals surface area contributed by atoms with Crippen LogP contribution in [0.3, 0.4) is 0 Å². The molecule has 7 nitrogen and oxygen atoms in total. The predicted octanol–water partition coefficient (Wildman–Crippen LogP) is 3.46. The highest BCUT2D eigenvalue weighted by atomic mass is 35.5. The van der Waals surface area contributed by atoms with Gasteiger partial charge in [0.2, 0.25) is 0 Å². The Labute approximate surface area is 169 Å². The van der Waals surface area contributed by atoms with Gasteiger partial charge in [0.15, 0.2) is 0 Å². The highest BCUT2D eigenvalue weighted by Crippen LogP contribution is 2.24. The lowest BCUT2D eigenvalue weighted by atomic mass is 10.2. The maximum absolute atomic E-state index is 13.1. The zero-order valence-electron chi connectivity index (χ0n) is 14.8. The van der Waals surface area contributed by atoms with E-state index in [1.54, 1.807) is 41.3 Å². The van der Waals surface area contributed by atoms with Gasteiger partial charge in [-0.2, -0.15) is 14.9 Å². The van der Waals surface area contributed by atoms with Gasteiger partial charge < -0.3 is 5.32 Å². The first-order valence-corrected chi connectivity index (χ1v) is 8.86. The molecule has 0 aliphatic heterocycles. The molecule has 2 aromatic carbocycles. The molecule has 144 valence electrons. The number of hydrogen-bond acceptors (Lipinski definition) is 4. The van der Waals surface area contributed by atoms with Gasteiger partial charge in [0.05, 0.1) is 17.1 Å². The lowest BCUT2D eigenvalue weighted by molar-refractivity contribution is 0.102. The van der Waals surface area contributed by atoms with Crippen LogP contribution in [-0.4, -0.2) is 25.5 Å². The molecule has 1 N–H and O–H groups in total. The van der Waals surface area contributed by atoms with Crippen LogP contribution >= 0.6 is 11.6 Å². The molecule has 0 unspecified atom stereocenters. The maximum atomic E-state index is 13.1. The SMILES string of the molecule is O=C(Nc1cc(Cl)ccc1-n1cccn1)c1ccc(=O)n(-c2ccc(F)cc2)n1. The fourth-order valence-corrected chi connectivity index (χ4v) is 2.88. The zero-order valence-corrected chi connectivity index (χ0v) is 15.5. The molecule has 0 aliphatic rings. The molecule has 0 bridgehead atoms. The van der Waals surface area contributed by atoms with Crippen LogP contribution in [0.5, 0.6) is 0 Å². The number of hydrogen-bond donors (Lipinski definition) is 1. The third-order valence-electron chi connectivity index (χ3n) is 4.06. The van der Waals surface area contributed by atoms with E-state index in [4.69, 9.17) is 11.6 Å². The Kier molecular flexibility index (Phi) is 4.92. The third-order valence-corrected chi connectivity index (χ3v) is 4.30. The fraction of sp³-hybridized carbons (Fsp3) is 0. The van der Waals surface area contributed by atoms with E-state index in [0.717, 1.165) is 4.68 Å². The minimum absolute atomic E-state index is 0.000292. The van der Waals surface area contributed by atoms with Crippen molar-refractivity contribution in [2.24, 2.45) is 0 Å². The number of anilines is 1. The molecule has 1 amide bonds. The molecule has 4 aromatic rings. The predicted molar refractivity (Wildman–Crippen MR) is 106 cm³/mol. The Bertz CT molecular complexity index is 1240. The number of nitrogens with zero attached hydrogens (tertiary/aromatic N) is 4. The maximum Gasteiger partial charge on any atom is 0.276 e. The second-order valence-electron chi connectivity index (χ2n) is 6.01. The van der Waals surface area contributed by atoms with Gasteiger partial charge in [0.25, 0.3) is 11.5 Å². The third kappa shape index (κ3) is 3.92. The molecule has 0 fully saturated rings. The smallest absolute Gasteiger partial charge is 0.276 e. The van der Waals surface area contributed by atoms with Gasteiger partial charge in [-0.05, 0) is 54.6 Å². The number of halogens is 2. The van der Waals surface area contributed by atoms with Crippen molar-refractivity contribution in [3.8, 4) is 11.4 Å². The average Bonchev–Trinajstić information content (AvgIpc) is 3.24. The van der Waals surface area contributed by atoms with Crippen LogP contribution < -0.4 is 10.9 Å². The Morgan fingerprint density at radius 1 is 1.07 bits per heavy atom. The lowest BCUT2D eigenvalue weighted by Crippen LogP contribution is -2.25. The summed E-state index contributed by atoms with van der Waals surface area (Å²) in [6.07, 6.45) is 3.34. The molecule has 0 saturated heterocycles. The van der Waals surface area contributed by atoms with Crippen LogP contribution in [-0.2, 0) is 0 Å². The number of rotatable bonds is 4. The first-order valence-electron chi connectivity index (χ1n) is 8.48. The van der Waals surface area contributed by atoms with Crippen molar-refractivity contribution in [3.05, 3.63) is 99.9 Å². The number of carbonyl (C=O) groups excluding carboxylic acids is 1. The normalized spacial score (nSPS) is 10.7. The van der Waals surface area contributed by atoms with E-state index in [1.165, 1.54) is 36.4 Å². The van der Waals surface area contributed by atoms with Crippen LogP contribution in [0, 0.1) is 5.82 Å². The summed E-state index contributed by atoms with van der Waals surface area (Å²) in [7, 11) is 0. The minimum atomic E-state index is -0.545. The molecule has 2 aromatic heterocycles. The average molecular weight is 410 g/mol. The summed E-state index contributed by atoms with van der Waals surface area (Å²) in [6.45, 7) is 0. The van der Waals surface area contributed by atoms with Crippen LogP contribution in [0.2, 0.25) is 5.02 Å². The number of nitrogens with one attached hydrogen (secondary N) is 1. The second kappa shape index (κ2) is 7.69. The molecule has 29 heavy (non-hydrogen) atoms. The molecule has 0 radical (unpaired) electrons. The fourth-order valence-electron chi connectivity index (χ4n) is 2.71. The van der Waals surface area contributed by atoms with Gasteiger partial charge in [-0.1, -0.05) is 11.6 Å². The topological polar surface area (TPSA) is 81.8 Å². The molecule has 0 aliphatic carbocycles. The molecule has 2 heterocycles. The zero-order chi connectivity index (χ0) is 20.4. The van der Waals surface area contributed by atoms with E-state index in [1.807, 2.05) is 0 Å². The van der Waals surface area contributed by atoms with E-state index in [9.17, 15) is 14.0 Å². The highest BCUT2D eigenvalue weighted by molar-refractivity contribution is 6.31. The first-order chi connectivity index (χ1) is 14.0. The van der Waals surface area contributed by atoms with E-state index >= 15 is 0 Å².